The first kappa shape index (κ1) is 27.2. The van der Waals surface area contributed by atoms with Crippen LogP contribution in [0.5, 0.6) is 0 Å². The van der Waals surface area contributed by atoms with Crippen LogP contribution in [0.25, 0.3) is 5.76 Å². The average Bonchev–Trinajstić information content (AvgIpc) is 3.05. The van der Waals surface area contributed by atoms with Crippen LogP contribution >= 0.6 is 23.2 Å². The highest BCUT2D eigenvalue weighted by Crippen LogP contribution is 2.41. The minimum atomic E-state index is -3.67. The number of hydrogen-bond donors (Lipinski definition) is 1. The molecule has 1 N–H and O–H groups in total. The number of Topliss-reactive ketones (excluding diaryl/α,β-unsaturated/α-hetero) is 1. The standard InChI is InChI=1S/C24H27Cl2N3O5S/c1-27(2)12-5-13-29-21(16-8-11-18(25)19(26)14-16)20(23(31)24(29)32)22(30)15-6-9-17(10-7-15)35(33,34)28(3)4/h6-11,14,21,30H,5,12-13H2,1-4H3/b22-20+/t21-/m1/s1. The third kappa shape index (κ3) is 5.54. The van der Waals surface area contributed by atoms with Crippen molar-refractivity contribution in [2.24, 2.45) is 0 Å². The van der Waals surface area contributed by atoms with E-state index in [0.717, 1.165) is 4.31 Å². The molecule has 1 atom stereocenters. The number of sulfonamides is 1. The normalized spacial score (nSPS) is 18.2. The Kier molecular flexibility index (Phi) is 8.28. The lowest BCUT2D eigenvalue weighted by Crippen LogP contribution is -2.32. The zero-order valence-corrected chi connectivity index (χ0v) is 22.2. The minimum absolute atomic E-state index is 0.0317. The van der Waals surface area contributed by atoms with Crippen LogP contribution in [0, 0.1) is 0 Å². The second kappa shape index (κ2) is 10.7. The highest BCUT2D eigenvalue weighted by molar-refractivity contribution is 7.89. The van der Waals surface area contributed by atoms with Crippen LogP contribution in [0.15, 0.2) is 52.9 Å². The number of ketones is 1. The molecule has 0 unspecified atom stereocenters. The Balaban J connectivity index is 2.11. The van der Waals surface area contributed by atoms with Gasteiger partial charge in [0.05, 0.1) is 26.6 Å². The summed E-state index contributed by atoms with van der Waals surface area (Å²) in [6, 6.07) is 9.39. The summed E-state index contributed by atoms with van der Waals surface area (Å²) in [6.07, 6.45) is 0.606. The molecule has 1 saturated heterocycles. The molecule has 0 bridgehead atoms. The van der Waals surface area contributed by atoms with Crippen molar-refractivity contribution in [1.29, 1.82) is 0 Å². The van der Waals surface area contributed by atoms with Gasteiger partial charge in [-0.05, 0) is 69.0 Å². The van der Waals surface area contributed by atoms with Crippen molar-refractivity contribution < 1.29 is 23.1 Å². The highest BCUT2D eigenvalue weighted by Gasteiger charge is 2.46. The number of likely N-dealkylation sites (tertiary alicyclic amines) is 1. The van der Waals surface area contributed by atoms with Crippen LogP contribution in [0.3, 0.4) is 0 Å². The smallest absolute Gasteiger partial charge is 0.295 e. The summed E-state index contributed by atoms with van der Waals surface area (Å²) in [5, 5.41) is 11.7. The van der Waals surface area contributed by atoms with E-state index >= 15 is 0 Å². The first-order chi connectivity index (χ1) is 16.4. The van der Waals surface area contributed by atoms with Crippen LogP contribution in [0.1, 0.15) is 23.6 Å². The summed E-state index contributed by atoms with van der Waals surface area (Å²) in [4.78, 5) is 29.5. The molecule has 0 aliphatic carbocycles. The molecular formula is C24H27Cl2N3O5S. The summed E-state index contributed by atoms with van der Waals surface area (Å²) in [6.45, 7) is 0.976. The fourth-order valence-corrected chi connectivity index (χ4v) is 5.06. The highest BCUT2D eigenvalue weighted by atomic mass is 35.5. The number of amides is 1. The van der Waals surface area contributed by atoms with Gasteiger partial charge >= 0.3 is 0 Å². The van der Waals surface area contributed by atoms with Crippen molar-refractivity contribution in [3.63, 3.8) is 0 Å². The van der Waals surface area contributed by atoms with Crippen LogP contribution in [-0.4, -0.2) is 80.6 Å². The molecule has 188 valence electrons. The largest absolute Gasteiger partial charge is 0.507 e. The Hall–Kier alpha value is -2.43. The maximum atomic E-state index is 13.1. The van der Waals surface area contributed by atoms with E-state index < -0.39 is 33.5 Å². The fraction of sp³-hybridized carbons (Fsp3) is 0.333. The lowest BCUT2D eigenvalue weighted by atomic mass is 9.95. The van der Waals surface area contributed by atoms with Crippen LogP contribution < -0.4 is 0 Å². The number of benzene rings is 2. The fourth-order valence-electron chi connectivity index (χ4n) is 3.85. The van der Waals surface area contributed by atoms with E-state index in [9.17, 15) is 23.1 Å². The van der Waals surface area contributed by atoms with Crippen LogP contribution in [0.4, 0.5) is 0 Å². The third-order valence-electron chi connectivity index (χ3n) is 5.71. The Morgan fingerprint density at radius 2 is 1.63 bits per heavy atom. The quantitative estimate of drug-likeness (QED) is 0.312. The second-order valence-corrected chi connectivity index (χ2v) is 11.6. The SMILES string of the molecule is CN(C)CCCN1C(=O)C(=O)/C(=C(/O)c2ccc(S(=O)(=O)N(C)C)cc2)[C@H]1c1ccc(Cl)c(Cl)c1. The van der Waals surface area contributed by atoms with Crippen molar-refractivity contribution >= 4 is 50.7 Å². The third-order valence-corrected chi connectivity index (χ3v) is 8.28. The molecule has 1 fully saturated rings. The molecule has 1 aliphatic rings. The van der Waals surface area contributed by atoms with Gasteiger partial charge in [0.1, 0.15) is 5.76 Å². The first-order valence-corrected chi connectivity index (χ1v) is 13.0. The molecule has 11 heteroatoms. The van der Waals surface area contributed by atoms with Crippen molar-refractivity contribution in [2.45, 2.75) is 17.4 Å². The topological polar surface area (TPSA) is 98.2 Å². The van der Waals surface area contributed by atoms with Gasteiger partial charge < -0.3 is 14.9 Å². The molecule has 8 nitrogen and oxygen atoms in total. The van der Waals surface area contributed by atoms with Gasteiger partial charge in [0, 0.05) is 26.2 Å². The number of aliphatic hydroxyl groups excluding tert-OH is 1. The monoisotopic (exact) mass is 539 g/mol. The zero-order valence-electron chi connectivity index (χ0n) is 19.8. The molecule has 0 saturated carbocycles. The van der Waals surface area contributed by atoms with Crippen LogP contribution in [0.2, 0.25) is 10.0 Å². The van der Waals surface area contributed by atoms with Gasteiger partial charge in [-0.25, -0.2) is 12.7 Å². The van der Waals surface area contributed by atoms with Crippen molar-refractivity contribution in [3.05, 3.63) is 69.2 Å². The van der Waals surface area contributed by atoms with Crippen molar-refractivity contribution in [3.8, 4) is 0 Å². The van der Waals surface area contributed by atoms with Crippen LogP contribution in [-0.2, 0) is 19.6 Å². The number of carbonyl (C=O) groups is 2. The van der Waals surface area contributed by atoms with Gasteiger partial charge in [0.15, 0.2) is 0 Å². The molecule has 0 spiro atoms. The minimum Gasteiger partial charge on any atom is -0.507 e. The molecular weight excluding hydrogens is 513 g/mol. The Morgan fingerprint density at radius 1 is 1.00 bits per heavy atom. The molecule has 1 aliphatic heterocycles. The Bertz CT molecular complexity index is 1270. The Morgan fingerprint density at radius 3 is 2.17 bits per heavy atom. The lowest BCUT2D eigenvalue weighted by molar-refractivity contribution is -0.139. The van der Waals surface area contributed by atoms with E-state index in [1.165, 1.54) is 43.3 Å². The second-order valence-electron chi connectivity index (χ2n) is 8.63. The predicted octanol–water partition coefficient (Wildman–Crippen LogP) is 3.62. The van der Waals surface area contributed by atoms with Gasteiger partial charge in [-0.3, -0.25) is 9.59 Å². The van der Waals surface area contributed by atoms with E-state index in [2.05, 4.69) is 0 Å². The maximum absolute atomic E-state index is 13.1. The molecule has 2 aromatic rings. The molecule has 0 aromatic heterocycles. The summed E-state index contributed by atoms with van der Waals surface area (Å²) in [7, 11) is 2.97. The number of halogens is 2. The molecule has 1 heterocycles. The molecule has 3 rings (SSSR count). The zero-order chi connectivity index (χ0) is 26.1. The number of rotatable bonds is 8. The Labute approximate surface area is 215 Å². The molecule has 1 amide bonds. The van der Waals surface area contributed by atoms with E-state index in [0.29, 0.717) is 23.6 Å². The van der Waals surface area contributed by atoms with E-state index in [-0.39, 0.29) is 27.6 Å². The predicted molar refractivity (Wildman–Crippen MR) is 136 cm³/mol. The van der Waals surface area contributed by atoms with Gasteiger partial charge in [0.25, 0.3) is 11.7 Å². The summed E-state index contributed by atoms with van der Waals surface area (Å²) in [5.41, 5.74) is 0.636. The number of hydrogen-bond acceptors (Lipinski definition) is 6. The van der Waals surface area contributed by atoms with Gasteiger partial charge in [-0.1, -0.05) is 29.3 Å². The molecule has 0 radical (unpaired) electrons. The van der Waals surface area contributed by atoms with E-state index in [1.54, 1.807) is 18.2 Å². The number of aliphatic hydroxyl groups is 1. The number of nitrogens with zero attached hydrogens (tertiary/aromatic N) is 3. The first-order valence-electron chi connectivity index (χ1n) is 10.8. The summed E-state index contributed by atoms with van der Waals surface area (Å²) in [5.74, 6) is -1.95. The van der Waals surface area contributed by atoms with Crippen molar-refractivity contribution in [2.75, 3.05) is 41.3 Å². The van der Waals surface area contributed by atoms with Gasteiger partial charge in [-0.15, -0.1) is 0 Å². The maximum Gasteiger partial charge on any atom is 0.295 e. The van der Waals surface area contributed by atoms with E-state index in [4.69, 9.17) is 23.2 Å². The van der Waals surface area contributed by atoms with E-state index in [1.807, 2.05) is 19.0 Å². The summed E-state index contributed by atoms with van der Waals surface area (Å²) < 4.78 is 25.8. The van der Waals surface area contributed by atoms with Gasteiger partial charge in [-0.2, -0.15) is 0 Å². The molecule has 35 heavy (non-hydrogen) atoms. The van der Waals surface area contributed by atoms with Crippen molar-refractivity contribution in [1.82, 2.24) is 14.1 Å². The average molecular weight is 540 g/mol. The molecule has 2 aromatic carbocycles. The number of carbonyl (C=O) groups excluding carboxylic acids is 2. The lowest BCUT2D eigenvalue weighted by Gasteiger charge is -2.26. The summed E-state index contributed by atoms with van der Waals surface area (Å²) >= 11 is 12.3. The van der Waals surface area contributed by atoms with Gasteiger partial charge in [0.2, 0.25) is 10.0 Å².